The van der Waals surface area contributed by atoms with E-state index in [0.717, 1.165) is 0 Å². The summed E-state index contributed by atoms with van der Waals surface area (Å²) >= 11 is 0. The predicted molar refractivity (Wildman–Crippen MR) is 44.4 cm³/mol. The summed E-state index contributed by atoms with van der Waals surface area (Å²) in [5.74, 6) is -2.44. The Morgan fingerprint density at radius 2 is 2.00 bits per heavy atom. The molecule has 1 N–H and O–H groups in total. The van der Waals surface area contributed by atoms with Crippen LogP contribution in [0.3, 0.4) is 0 Å². The van der Waals surface area contributed by atoms with Crippen molar-refractivity contribution in [1.29, 1.82) is 0 Å². The summed E-state index contributed by atoms with van der Waals surface area (Å²) in [7, 11) is 0. The van der Waals surface area contributed by atoms with Gasteiger partial charge in [0.1, 0.15) is 0 Å². The third-order valence-corrected chi connectivity index (χ3v) is 1.91. The number of carbonyl (C=O) groups is 2. The molecule has 0 saturated heterocycles. The SMILES string of the molecule is [2H]c1cc(C(F)(F)F)c2c(c1[2H])C(=O)C(=O)N2. The second-order valence-electron chi connectivity index (χ2n) is 2.86. The molecule has 0 saturated carbocycles. The highest BCUT2D eigenvalue weighted by atomic mass is 19.4. The maximum absolute atomic E-state index is 12.6. The summed E-state index contributed by atoms with van der Waals surface area (Å²) in [4.78, 5) is 22.3. The highest BCUT2D eigenvalue weighted by Gasteiger charge is 2.39. The minimum absolute atomic E-state index is 0.417. The molecule has 0 aromatic heterocycles. The van der Waals surface area contributed by atoms with E-state index in [0.29, 0.717) is 6.07 Å². The first kappa shape index (κ1) is 7.44. The summed E-state index contributed by atoms with van der Waals surface area (Å²) in [6.45, 7) is 0. The molecule has 0 unspecified atom stereocenters. The van der Waals surface area contributed by atoms with E-state index in [1.54, 1.807) is 5.32 Å². The maximum Gasteiger partial charge on any atom is 0.418 e. The first-order chi connectivity index (χ1) is 7.73. The Hall–Kier alpha value is -1.85. The minimum Gasteiger partial charge on any atom is -0.318 e. The summed E-state index contributed by atoms with van der Waals surface area (Å²) in [6, 6.07) is -1.02. The number of nitrogens with one attached hydrogen (secondary N) is 1. The number of hydrogen-bond acceptors (Lipinski definition) is 2. The molecule has 0 aliphatic carbocycles. The van der Waals surface area contributed by atoms with Gasteiger partial charge < -0.3 is 5.32 Å². The maximum atomic E-state index is 12.6. The van der Waals surface area contributed by atoms with Gasteiger partial charge in [0.25, 0.3) is 11.7 Å². The average Bonchev–Trinajstić information content (AvgIpc) is 2.48. The minimum atomic E-state index is -4.80. The molecule has 0 bridgehead atoms. The average molecular weight is 217 g/mol. The standard InChI is InChI=1S/C9H4F3NO2/c10-9(11,12)5-3-1-2-4-6(5)13-8(15)7(4)14/h1-3H,(H,13,14,15)/i1D,2D. The molecular weight excluding hydrogens is 211 g/mol. The van der Waals surface area contributed by atoms with E-state index in [1.807, 2.05) is 0 Å². The van der Waals surface area contributed by atoms with E-state index in [2.05, 4.69) is 0 Å². The number of hydrogen-bond donors (Lipinski definition) is 1. The lowest BCUT2D eigenvalue weighted by Gasteiger charge is -2.10. The molecule has 2 rings (SSSR count). The highest BCUT2D eigenvalue weighted by molar-refractivity contribution is 6.51. The van der Waals surface area contributed by atoms with Gasteiger partial charge in [-0.3, -0.25) is 9.59 Å². The van der Waals surface area contributed by atoms with E-state index in [1.165, 1.54) is 0 Å². The van der Waals surface area contributed by atoms with Crippen LogP contribution in [0.5, 0.6) is 0 Å². The molecule has 1 aromatic carbocycles. The van der Waals surface area contributed by atoms with E-state index in [-0.39, 0.29) is 0 Å². The lowest BCUT2D eigenvalue weighted by Crippen LogP contribution is -2.13. The van der Waals surface area contributed by atoms with Crippen LogP contribution in [0.25, 0.3) is 0 Å². The smallest absolute Gasteiger partial charge is 0.318 e. The van der Waals surface area contributed by atoms with Crippen LogP contribution in [-0.2, 0) is 11.0 Å². The Morgan fingerprint density at radius 3 is 2.60 bits per heavy atom. The highest BCUT2D eigenvalue weighted by Crippen LogP contribution is 2.38. The fourth-order valence-corrected chi connectivity index (χ4v) is 1.26. The third kappa shape index (κ3) is 1.38. The van der Waals surface area contributed by atoms with E-state index >= 15 is 0 Å². The van der Waals surface area contributed by atoms with Crippen LogP contribution in [0.1, 0.15) is 18.7 Å². The van der Waals surface area contributed by atoms with Crippen molar-refractivity contribution in [3.63, 3.8) is 0 Å². The van der Waals surface area contributed by atoms with Crippen molar-refractivity contribution in [3.8, 4) is 0 Å². The van der Waals surface area contributed by atoms with Crippen molar-refractivity contribution in [1.82, 2.24) is 0 Å². The summed E-state index contributed by atoms with van der Waals surface area (Å²) < 4.78 is 52.3. The van der Waals surface area contributed by atoms with Crippen LogP contribution in [0, 0.1) is 0 Å². The van der Waals surface area contributed by atoms with Crippen LogP contribution in [0.4, 0.5) is 18.9 Å². The quantitative estimate of drug-likeness (QED) is 0.674. The van der Waals surface area contributed by atoms with Gasteiger partial charge in [-0.25, -0.2) is 0 Å². The molecule has 15 heavy (non-hydrogen) atoms. The van der Waals surface area contributed by atoms with E-state index < -0.39 is 46.8 Å². The van der Waals surface area contributed by atoms with Crippen molar-refractivity contribution in [2.75, 3.05) is 5.32 Å². The summed E-state index contributed by atoms with van der Waals surface area (Å²) in [6.07, 6.45) is -4.80. The largest absolute Gasteiger partial charge is 0.418 e. The normalized spacial score (nSPS) is 17.0. The van der Waals surface area contributed by atoms with Crippen LogP contribution in [0.2, 0.25) is 0 Å². The van der Waals surface area contributed by atoms with E-state index in [9.17, 15) is 22.8 Å². The number of benzene rings is 1. The monoisotopic (exact) mass is 217 g/mol. The third-order valence-electron chi connectivity index (χ3n) is 1.91. The van der Waals surface area contributed by atoms with Gasteiger partial charge in [0.2, 0.25) is 0 Å². The number of amides is 1. The molecule has 1 heterocycles. The molecule has 0 radical (unpaired) electrons. The number of rotatable bonds is 0. The summed E-state index contributed by atoms with van der Waals surface area (Å²) in [5, 5.41) is 1.78. The Balaban J connectivity index is 2.81. The van der Waals surface area contributed by atoms with Gasteiger partial charge in [0.15, 0.2) is 0 Å². The van der Waals surface area contributed by atoms with Crippen molar-refractivity contribution < 1.29 is 25.5 Å². The molecule has 0 atom stereocenters. The second kappa shape index (κ2) is 2.82. The molecule has 1 aromatic rings. The Bertz CT molecular complexity index is 554. The Labute approximate surface area is 84.7 Å². The van der Waals surface area contributed by atoms with Gasteiger partial charge in [-0.05, 0) is 12.1 Å². The van der Waals surface area contributed by atoms with Gasteiger partial charge in [0.05, 0.1) is 19.6 Å². The van der Waals surface area contributed by atoms with Crippen molar-refractivity contribution in [2.45, 2.75) is 6.18 Å². The number of ketones is 1. The fraction of sp³-hybridized carbons (Fsp3) is 0.111. The second-order valence-corrected chi connectivity index (χ2v) is 2.86. The zero-order valence-corrected chi connectivity index (χ0v) is 7.03. The zero-order valence-electron chi connectivity index (χ0n) is 9.03. The predicted octanol–water partition coefficient (Wildman–Crippen LogP) is 1.84. The molecule has 3 nitrogen and oxygen atoms in total. The number of halogens is 3. The number of para-hydroxylation sites is 1. The molecule has 1 amide bonds. The number of anilines is 1. The molecular formula is C9H4F3NO2. The van der Waals surface area contributed by atoms with Gasteiger partial charge >= 0.3 is 6.18 Å². The van der Waals surface area contributed by atoms with Crippen LogP contribution in [-0.4, -0.2) is 11.7 Å². The number of fused-ring (bicyclic) bond motifs is 1. The van der Waals surface area contributed by atoms with Crippen LogP contribution >= 0.6 is 0 Å². The number of carbonyl (C=O) groups excluding carboxylic acids is 2. The van der Waals surface area contributed by atoms with Crippen LogP contribution < -0.4 is 5.32 Å². The molecule has 0 fully saturated rings. The molecule has 1 aliphatic heterocycles. The van der Waals surface area contributed by atoms with Crippen molar-refractivity contribution in [2.24, 2.45) is 0 Å². The zero-order chi connectivity index (χ0) is 13.0. The lowest BCUT2D eigenvalue weighted by molar-refractivity contribution is -0.136. The Morgan fingerprint density at radius 1 is 1.33 bits per heavy atom. The van der Waals surface area contributed by atoms with Gasteiger partial charge in [-0.1, -0.05) is 6.04 Å². The number of Topliss-reactive ketones (excluding diaryl/α,β-unsaturated/α-hetero) is 1. The first-order valence-corrected chi connectivity index (χ1v) is 3.80. The Kier molecular flexibility index (Phi) is 1.40. The molecule has 78 valence electrons. The fourth-order valence-electron chi connectivity index (χ4n) is 1.26. The first-order valence-electron chi connectivity index (χ1n) is 4.80. The van der Waals surface area contributed by atoms with Crippen molar-refractivity contribution >= 4 is 17.4 Å². The molecule has 6 heteroatoms. The van der Waals surface area contributed by atoms with Gasteiger partial charge in [-0.2, -0.15) is 13.2 Å². The van der Waals surface area contributed by atoms with Gasteiger partial charge in [0, 0.05) is 0 Å². The van der Waals surface area contributed by atoms with E-state index in [4.69, 9.17) is 2.74 Å². The molecule has 1 aliphatic rings. The van der Waals surface area contributed by atoms with Gasteiger partial charge in [-0.15, -0.1) is 0 Å². The summed E-state index contributed by atoms with van der Waals surface area (Å²) in [5.41, 5.74) is -2.70. The lowest BCUT2D eigenvalue weighted by atomic mass is 10.1. The molecule has 0 spiro atoms. The topological polar surface area (TPSA) is 46.2 Å². The number of alkyl halides is 3. The van der Waals surface area contributed by atoms with Crippen molar-refractivity contribution in [3.05, 3.63) is 29.3 Å². The van der Waals surface area contributed by atoms with Crippen LogP contribution in [0.15, 0.2) is 18.2 Å².